The molecule has 0 radical (unpaired) electrons. The lowest BCUT2D eigenvalue weighted by Crippen LogP contribution is -1.98. The molecule has 0 unspecified atom stereocenters. The van der Waals surface area contributed by atoms with E-state index >= 15 is 0 Å². The van der Waals surface area contributed by atoms with E-state index in [-0.39, 0.29) is 0 Å². The maximum atomic E-state index is 5.42. The maximum absolute atomic E-state index is 5.42. The van der Waals surface area contributed by atoms with E-state index in [4.69, 9.17) is 9.47 Å². The Bertz CT molecular complexity index is 870. The molecule has 116 valence electrons. The smallest absolute Gasteiger partial charge is 0.156 e. The number of nitrogens with one attached hydrogen (secondary N) is 2. The summed E-state index contributed by atoms with van der Waals surface area (Å²) < 4.78 is 10.7. The fourth-order valence-electron chi connectivity index (χ4n) is 3.01. The molecular formula is C18H17N3O2. The molecule has 3 aromatic rings. The van der Waals surface area contributed by atoms with Crippen molar-refractivity contribution >= 4 is 11.5 Å². The van der Waals surface area contributed by atoms with Gasteiger partial charge in [-0.05, 0) is 17.7 Å². The Balaban J connectivity index is 1.71. The van der Waals surface area contributed by atoms with Crippen molar-refractivity contribution in [3.8, 4) is 22.8 Å². The van der Waals surface area contributed by atoms with Crippen molar-refractivity contribution in [2.24, 2.45) is 0 Å². The average molecular weight is 307 g/mol. The highest BCUT2D eigenvalue weighted by Gasteiger charge is 2.24. The summed E-state index contributed by atoms with van der Waals surface area (Å²) in [6.07, 6.45) is 0.872. The second kappa shape index (κ2) is 5.35. The van der Waals surface area contributed by atoms with Crippen LogP contribution in [0.2, 0.25) is 0 Å². The molecule has 1 aliphatic carbocycles. The largest absolute Gasteiger partial charge is 0.497 e. The molecule has 1 heterocycles. The van der Waals surface area contributed by atoms with Crippen molar-refractivity contribution < 1.29 is 9.47 Å². The first kappa shape index (κ1) is 13.7. The number of benzene rings is 2. The van der Waals surface area contributed by atoms with Crippen molar-refractivity contribution in [3.05, 3.63) is 53.6 Å². The molecule has 2 aromatic carbocycles. The first-order valence-corrected chi connectivity index (χ1v) is 7.44. The lowest BCUT2D eigenvalue weighted by Gasteiger charge is -2.11. The SMILES string of the molecule is COc1ccc(OC)c(Nc2n[nH]c3c2Cc2ccccc2-3)c1. The third-order valence-corrected chi connectivity index (χ3v) is 4.18. The van der Waals surface area contributed by atoms with E-state index in [9.17, 15) is 0 Å². The van der Waals surface area contributed by atoms with E-state index in [1.807, 2.05) is 24.3 Å². The molecule has 5 nitrogen and oxygen atoms in total. The molecule has 2 N–H and O–H groups in total. The lowest BCUT2D eigenvalue weighted by atomic mass is 10.1. The average Bonchev–Trinajstić information content (AvgIpc) is 3.15. The minimum absolute atomic E-state index is 0.748. The molecular weight excluding hydrogens is 290 g/mol. The van der Waals surface area contributed by atoms with Gasteiger partial charge in [-0.25, -0.2) is 0 Å². The minimum Gasteiger partial charge on any atom is -0.497 e. The molecule has 0 amide bonds. The van der Waals surface area contributed by atoms with Crippen LogP contribution in [0.1, 0.15) is 11.1 Å². The molecule has 4 rings (SSSR count). The van der Waals surface area contributed by atoms with Crippen LogP contribution in [-0.2, 0) is 6.42 Å². The van der Waals surface area contributed by atoms with Crippen LogP contribution in [0.5, 0.6) is 11.5 Å². The third-order valence-electron chi connectivity index (χ3n) is 4.18. The lowest BCUT2D eigenvalue weighted by molar-refractivity contribution is 0.405. The predicted octanol–water partition coefficient (Wildman–Crippen LogP) is 3.74. The topological polar surface area (TPSA) is 59.2 Å². The van der Waals surface area contributed by atoms with Crippen molar-refractivity contribution in [3.63, 3.8) is 0 Å². The number of aromatic amines is 1. The van der Waals surface area contributed by atoms with Gasteiger partial charge < -0.3 is 14.8 Å². The fourth-order valence-corrected chi connectivity index (χ4v) is 3.01. The number of rotatable bonds is 4. The summed E-state index contributed by atoms with van der Waals surface area (Å²) in [5, 5.41) is 10.9. The van der Waals surface area contributed by atoms with E-state index in [0.29, 0.717) is 0 Å². The van der Waals surface area contributed by atoms with Gasteiger partial charge in [-0.15, -0.1) is 0 Å². The van der Waals surface area contributed by atoms with E-state index in [2.05, 4.69) is 33.7 Å². The van der Waals surface area contributed by atoms with Crippen LogP contribution in [0.4, 0.5) is 11.5 Å². The highest BCUT2D eigenvalue weighted by Crippen LogP contribution is 2.40. The van der Waals surface area contributed by atoms with Gasteiger partial charge in [0.05, 0.1) is 25.6 Å². The first-order chi connectivity index (χ1) is 11.3. The molecule has 0 saturated carbocycles. The Morgan fingerprint density at radius 1 is 1.09 bits per heavy atom. The van der Waals surface area contributed by atoms with Crippen molar-refractivity contribution in [2.45, 2.75) is 6.42 Å². The fraction of sp³-hybridized carbons (Fsp3) is 0.167. The predicted molar refractivity (Wildman–Crippen MR) is 89.7 cm³/mol. The Hall–Kier alpha value is -2.95. The van der Waals surface area contributed by atoms with Crippen molar-refractivity contribution in [2.75, 3.05) is 19.5 Å². The van der Waals surface area contributed by atoms with E-state index in [1.54, 1.807) is 14.2 Å². The van der Waals surface area contributed by atoms with Gasteiger partial charge in [0.25, 0.3) is 0 Å². The molecule has 0 bridgehead atoms. The number of aromatic nitrogens is 2. The highest BCUT2D eigenvalue weighted by atomic mass is 16.5. The molecule has 23 heavy (non-hydrogen) atoms. The van der Waals surface area contributed by atoms with Crippen LogP contribution in [0.15, 0.2) is 42.5 Å². The van der Waals surface area contributed by atoms with Gasteiger partial charge in [0.1, 0.15) is 11.5 Å². The van der Waals surface area contributed by atoms with Crippen molar-refractivity contribution in [1.82, 2.24) is 10.2 Å². The maximum Gasteiger partial charge on any atom is 0.156 e. The zero-order valence-electron chi connectivity index (χ0n) is 13.0. The molecule has 1 aliphatic rings. The quantitative estimate of drug-likeness (QED) is 0.603. The van der Waals surface area contributed by atoms with Crippen LogP contribution >= 0.6 is 0 Å². The Morgan fingerprint density at radius 2 is 1.96 bits per heavy atom. The number of fused-ring (bicyclic) bond motifs is 3. The number of H-pyrrole nitrogens is 1. The van der Waals surface area contributed by atoms with E-state index < -0.39 is 0 Å². The van der Waals surface area contributed by atoms with Crippen LogP contribution < -0.4 is 14.8 Å². The number of nitrogens with zero attached hydrogens (tertiary/aromatic N) is 1. The van der Waals surface area contributed by atoms with Crippen molar-refractivity contribution in [1.29, 1.82) is 0 Å². The summed E-state index contributed by atoms with van der Waals surface area (Å²) in [6.45, 7) is 0. The van der Waals surface area contributed by atoms with Crippen LogP contribution in [0, 0.1) is 0 Å². The Labute approximate surface area is 134 Å². The van der Waals surface area contributed by atoms with Gasteiger partial charge in [-0.3, -0.25) is 5.10 Å². The summed E-state index contributed by atoms with van der Waals surface area (Å²) in [7, 11) is 3.30. The number of anilines is 2. The zero-order valence-corrected chi connectivity index (χ0v) is 13.0. The monoisotopic (exact) mass is 307 g/mol. The number of hydrogen-bond acceptors (Lipinski definition) is 4. The van der Waals surface area contributed by atoms with Crippen LogP contribution in [0.3, 0.4) is 0 Å². The van der Waals surface area contributed by atoms with Gasteiger partial charge in [0.2, 0.25) is 0 Å². The van der Waals surface area contributed by atoms with Gasteiger partial charge >= 0.3 is 0 Å². The molecule has 5 heteroatoms. The second-order valence-electron chi connectivity index (χ2n) is 5.45. The van der Waals surface area contributed by atoms with Gasteiger partial charge in [0, 0.05) is 23.6 Å². The standard InChI is InChI=1S/C18H17N3O2/c1-22-12-7-8-16(23-2)15(10-12)19-18-14-9-11-5-3-4-6-13(11)17(14)20-21-18/h3-8,10H,9H2,1-2H3,(H2,19,20,21). The Kier molecular flexibility index (Phi) is 3.19. The van der Waals surface area contributed by atoms with Crippen LogP contribution in [-0.4, -0.2) is 24.4 Å². The molecule has 0 aliphatic heterocycles. The third kappa shape index (κ3) is 2.21. The first-order valence-electron chi connectivity index (χ1n) is 7.44. The number of ether oxygens (including phenoxy) is 2. The molecule has 0 saturated heterocycles. The number of hydrogen-bond donors (Lipinski definition) is 2. The molecule has 1 aromatic heterocycles. The summed E-state index contributed by atoms with van der Waals surface area (Å²) in [5.74, 6) is 2.34. The summed E-state index contributed by atoms with van der Waals surface area (Å²) >= 11 is 0. The zero-order chi connectivity index (χ0) is 15.8. The van der Waals surface area contributed by atoms with Crippen LogP contribution in [0.25, 0.3) is 11.3 Å². The van der Waals surface area contributed by atoms with Gasteiger partial charge in [-0.1, -0.05) is 24.3 Å². The van der Waals surface area contributed by atoms with E-state index in [1.165, 1.54) is 16.7 Å². The molecule has 0 spiro atoms. The summed E-state index contributed by atoms with van der Waals surface area (Å²) in [5.41, 5.74) is 5.63. The number of methoxy groups -OCH3 is 2. The molecule has 0 atom stereocenters. The summed E-state index contributed by atoms with van der Waals surface area (Å²) in [6, 6.07) is 14.0. The normalized spacial score (nSPS) is 11.7. The Morgan fingerprint density at radius 3 is 2.78 bits per heavy atom. The van der Waals surface area contributed by atoms with Gasteiger partial charge in [0.15, 0.2) is 5.82 Å². The minimum atomic E-state index is 0.748. The second-order valence-corrected chi connectivity index (χ2v) is 5.45. The summed E-state index contributed by atoms with van der Waals surface area (Å²) in [4.78, 5) is 0. The highest BCUT2D eigenvalue weighted by molar-refractivity contribution is 5.80. The van der Waals surface area contributed by atoms with Gasteiger partial charge in [-0.2, -0.15) is 5.10 Å². The van der Waals surface area contributed by atoms with E-state index in [0.717, 1.165) is 35.1 Å². The molecule has 0 fully saturated rings.